The molecule has 2 heterocycles. The number of hydrogen-bond donors (Lipinski definition) is 4. The number of aliphatic imine (C=N–C) groups is 2. The number of hydrogen-bond acceptors (Lipinski definition) is 11. The number of amides is 3. The molecule has 256 valence electrons. The number of fused-ring (bicyclic) bond motifs is 1. The first-order valence-electron chi connectivity index (χ1n) is 15.0. The first-order valence-corrected chi connectivity index (χ1v) is 16.6. The molecule has 0 aromatic heterocycles. The number of carbonyl (C=O) groups excluding carboxylic acids is 4. The number of phosphoric ester groups is 1. The summed E-state index contributed by atoms with van der Waals surface area (Å²) in [6, 6.07) is 10.6. The smallest absolute Gasteiger partial charge is 0.428 e. The molecule has 0 spiro atoms. The topological polar surface area (TPSA) is 209 Å². The largest absolute Gasteiger partial charge is 0.524 e. The third kappa shape index (κ3) is 9.06. The Kier molecular flexibility index (Phi) is 11.7. The van der Waals surface area contributed by atoms with E-state index >= 15 is 0 Å². The number of hydrazine groups is 1. The van der Waals surface area contributed by atoms with Crippen molar-refractivity contribution in [1.82, 2.24) is 20.7 Å². The highest BCUT2D eigenvalue weighted by molar-refractivity contribution is 7.46. The highest BCUT2D eigenvalue weighted by atomic mass is 31.2. The number of nitrogens with one attached hydrogen (secondary N) is 2. The number of rotatable bonds is 12. The van der Waals surface area contributed by atoms with Crippen LogP contribution in [0.3, 0.4) is 0 Å². The predicted molar refractivity (Wildman–Crippen MR) is 173 cm³/mol. The van der Waals surface area contributed by atoms with Gasteiger partial charge in [-0.25, -0.2) is 24.2 Å². The molecular formula is C31H37N6O10P. The second-order valence-corrected chi connectivity index (χ2v) is 12.0. The van der Waals surface area contributed by atoms with Crippen LogP contribution in [-0.4, -0.2) is 82.2 Å². The molecule has 0 saturated heterocycles. The third-order valence-electron chi connectivity index (χ3n) is 7.38. The van der Waals surface area contributed by atoms with E-state index in [9.17, 15) is 23.7 Å². The minimum Gasteiger partial charge on any atom is -0.428 e. The maximum atomic E-state index is 13.6. The van der Waals surface area contributed by atoms with E-state index in [1.807, 2.05) is 13.8 Å². The Bertz CT molecular complexity index is 1700. The van der Waals surface area contributed by atoms with Gasteiger partial charge in [-0.2, -0.15) is 0 Å². The summed E-state index contributed by atoms with van der Waals surface area (Å²) in [6.45, 7) is 7.18. The molecule has 2 aromatic carbocycles. The number of phosphoric acid groups is 1. The maximum absolute atomic E-state index is 13.6. The zero-order valence-electron chi connectivity index (χ0n) is 26.8. The lowest BCUT2D eigenvalue weighted by atomic mass is 10.0. The molecule has 4 rings (SSSR count). The monoisotopic (exact) mass is 684 g/mol. The van der Waals surface area contributed by atoms with Gasteiger partial charge in [-0.15, -0.1) is 0 Å². The van der Waals surface area contributed by atoms with Gasteiger partial charge in [0.1, 0.15) is 17.8 Å². The van der Waals surface area contributed by atoms with Gasteiger partial charge in [-0.1, -0.05) is 25.1 Å². The summed E-state index contributed by atoms with van der Waals surface area (Å²) in [5, 5.41) is 4.56. The molecule has 3 amide bonds. The van der Waals surface area contributed by atoms with Gasteiger partial charge in [0.05, 0.1) is 24.6 Å². The van der Waals surface area contributed by atoms with E-state index in [1.54, 1.807) is 37.1 Å². The maximum Gasteiger partial charge on any atom is 0.524 e. The lowest BCUT2D eigenvalue weighted by Gasteiger charge is -2.26. The first kappa shape index (κ1) is 35.8. The van der Waals surface area contributed by atoms with E-state index < -0.39 is 38.5 Å². The second kappa shape index (κ2) is 15.7. The Labute approximate surface area is 276 Å². The molecule has 16 nitrogen and oxygen atoms in total. The summed E-state index contributed by atoms with van der Waals surface area (Å²) in [7, 11) is -4.71. The van der Waals surface area contributed by atoms with Crippen LogP contribution in [0, 0.1) is 12.8 Å². The first-order chi connectivity index (χ1) is 22.8. The Morgan fingerprint density at radius 2 is 1.83 bits per heavy atom. The minimum atomic E-state index is -4.71. The highest BCUT2D eigenvalue weighted by Crippen LogP contribution is 2.37. The molecule has 4 N–H and O–H groups in total. The fraction of sp³-hybridized carbons (Fsp3) is 0.355. The molecule has 0 fully saturated rings. The molecule has 48 heavy (non-hydrogen) atoms. The van der Waals surface area contributed by atoms with E-state index in [0.29, 0.717) is 40.5 Å². The summed E-state index contributed by atoms with van der Waals surface area (Å²) in [5.41, 5.74) is 6.46. The van der Waals surface area contributed by atoms with Crippen molar-refractivity contribution in [3.05, 3.63) is 70.4 Å². The summed E-state index contributed by atoms with van der Waals surface area (Å²) < 4.78 is 25.5. The lowest BCUT2D eigenvalue weighted by molar-refractivity contribution is -0.152. The Balaban J connectivity index is 1.39. The summed E-state index contributed by atoms with van der Waals surface area (Å²) in [6.07, 6.45) is 1.03. The van der Waals surface area contributed by atoms with Crippen LogP contribution in [0.1, 0.15) is 48.7 Å². The number of aryl methyl sites for hydroxylation is 1. The Morgan fingerprint density at radius 1 is 1.10 bits per heavy atom. The van der Waals surface area contributed by atoms with E-state index in [0.717, 1.165) is 16.9 Å². The average molecular weight is 685 g/mol. The molecule has 1 unspecified atom stereocenters. The zero-order chi connectivity index (χ0) is 35.0. The molecule has 0 saturated carbocycles. The zero-order valence-corrected chi connectivity index (χ0v) is 27.7. The third-order valence-corrected chi connectivity index (χ3v) is 7.82. The quantitative estimate of drug-likeness (QED) is 0.144. The van der Waals surface area contributed by atoms with E-state index in [2.05, 4.69) is 20.3 Å². The van der Waals surface area contributed by atoms with Gasteiger partial charge in [0.25, 0.3) is 5.91 Å². The number of nitrogens with zero attached hydrogens (tertiary/aromatic N) is 4. The number of esters is 1. The number of amidine groups is 1. The van der Waals surface area contributed by atoms with Gasteiger partial charge >= 0.3 is 19.9 Å². The molecular weight excluding hydrogens is 647 g/mol. The fourth-order valence-corrected chi connectivity index (χ4v) is 5.30. The van der Waals surface area contributed by atoms with Crippen molar-refractivity contribution in [3.63, 3.8) is 0 Å². The molecule has 0 bridgehead atoms. The van der Waals surface area contributed by atoms with Crippen LogP contribution in [0.15, 0.2) is 63.7 Å². The van der Waals surface area contributed by atoms with Crippen LogP contribution in [0.25, 0.3) is 0 Å². The highest BCUT2D eigenvalue weighted by Gasteiger charge is 2.40. The van der Waals surface area contributed by atoms with Gasteiger partial charge < -0.3 is 19.3 Å². The SMILES string of the molecule is CCCNC(=O)c1ccc(C)c(N=C2N=CNN3CC(C(=O)N(CC)C(=O)OCOC(=O)Cc4ccc(OP(=O)(O)O)cc4)C(C)=C23)c1. The van der Waals surface area contributed by atoms with Crippen molar-refractivity contribution in [2.75, 3.05) is 26.4 Å². The van der Waals surface area contributed by atoms with E-state index in [-0.39, 0.29) is 31.2 Å². The Hall–Kier alpha value is -5.05. The number of ether oxygens (including phenoxy) is 2. The van der Waals surface area contributed by atoms with Gasteiger partial charge in [-0.3, -0.25) is 34.6 Å². The Morgan fingerprint density at radius 3 is 2.50 bits per heavy atom. The standard InChI is InChI=1S/C31H37N6O10P/c1-5-13-32-29(39)22-10-7-19(3)25(15-22)35-28-27-20(4)24(16-37(27)34-17-33-28)30(40)36(6-2)31(41)46-18-45-26(38)14-21-8-11-23(12-9-21)47-48(42,43)44/h7-12,15,17,24H,5-6,13-14,16,18H2,1-4H3,(H,32,39)(H,33,34,35)(H2,42,43,44). The predicted octanol–water partition coefficient (Wildman–Crippen LogP) is 3.12. The van der Waals surface area contributed by atoms with Crippen LogP contribution in [0.5, 0.6) is 5.75 Å². The van der Waals surface area contributed by atoms with Crippen LogP contribution in [-0.2, 0) is 30.0 Å². The molecule has 17 heteroatoms. The van der Waals surface area contributed by atoms with Crippen molar-refractivity contribution in [1.29, 1.82) is 0 Å². The summed E-state index contributed by atoms with van der Waals surface area (Å²) in [4.78, 5) is 79.0. The lowest BCUT2D eigenvalue weighted by Crippen LogP contribution is -2.45. The number of benzene rings is 2. The van der Waals surface area contributed by atoms with Crippen molar-refractivity contribution in [3.8, 4) is 5.75 Å². The van der Waals surface area contributed by atoms with Crippen molar-refractivity contribution in [2.45, 2.75) is 40.5 Å². The van der Waals surface area contributed by atoms with Crippen LogP contribution < -0.4 is 15.3 Å². The van der Waals surface area contributed by atoms with Crippen molar-refractivity contribution >= 4 is 49.6 Å². The molecule has 2 aliphatic rings. The van der Waals surface area contributed by atoms with Crippen molar-refractivity contribution < 1.29 is 47.5 Å². The molecule has 2 aromatic rings. The van der Waals surface area contributed by atoms with Crippen LogP contribution >= 0.6 is 7.82 Å². The van der Waals surface area contributed by atoms with Gasteiger partial charge in [0.2, 0.25) is 12.7 Å². The second-order valence-electron chi connectivity index (χ2n) is 10.8. The van der Waals surface area contributed by atoms with Crippen LogP contribution in [0.2, 0.25) is 0 Å². The van der Waals surface area contributed by atoms with Gasteiger partial charge in [0, 0.05) is 18.7 Å². The molecule has 2 aliphatic heterocycles. The molecule has 0 aliphatic carbocycles. The number of imide groups is 1. The molecule has 1 atom stereocenters. The normalized spacial score (nSPS) is 16.2. The molecule has 0 radical (unpaired) electrons. The average Bonchev–Trinajstić information content (AvgIpc) is 3.38. The summed E-state index contributed by atoms with van der Waals surface area (Å²) >= 11 is 0. The fourth-order valence-electron chi connectivity index (χ4n) is 4.90. The van der Waals surface area contributed by atoms with Crippen molar-refractivity contribution in [2.24, 2.45) is 15.9 Å². The number of carbonyl (C=O) groups is 4. The van der Waals surface area contributed by atoms with E-state index in [4.69, 9.17) is 24.3 Å². The summed E-state index contributed by atoms with van der Waals surface area (Å²) in [5.74, 6) is -1.98. The van der Waals surface area contributed by atoms with Gasteiger partial charge in [0.15, 0.2) is 5.84 Å². The van der Waals surface area contributed by atoms with E-state index in [1.165, 1.54) is 30.6 Å². The van der Waals surface area contributed by atoms with Crippen LogP contribution in [0.4, 0.5) is 10.5 Å². The minimum absolute atomic E-state index is 0.00921. The van der Waals surface area contributed by atoms with Gasteiger partial charge in [-0.05, 0) is 68.2 Å².